The minimum absolute atomic E-state index is 0.367. The highest BCUT2D eigenvalue weighted by Crippen LogP contribution is 2.34. The van der Waals surface area contributed by atoms with E-state index in [4.69, 9.17) is 10.5 Å². The minimum Gasteiger partial charge on any atom is -0.457 e. The number of primary amides is 1. The van der Waals surface area contributed by atoms with Gasteiger partial charge in [-0.2, -0.15) is 4.37 Å². The zero-order valence-corrected chi connectivity index (χ0v) is 16.5. The van der Waals surface area contributed by atoms with Crippen LogP contribution in [0.2, 0.25) is 0 Å². The van der Waals surface area contributed by atoms with E-state index in [1.807, 2.05) is 19.1 Å². The van der Waals surface area contributed by atoms with Crippen LogP contribution in [0, 0.1) is 6.92 Å². The Balaban J connectivity index is 1.39. The molecule has 0 aliphatic carbocycles. The topological polar surface area (TPSA) is 81.3 Å². The molecule has 2 aromatic carbocycles. The molecule has 0 spiro atoms. The number of hydrogen-bond acceptors (Lipinski definition) is 6. The van der Waals surface area contributed by atoms with E-state index in [9.17, 15) is 4.79 Å². The molecule has 1 aliphatic rings. The maximum Gasteiger partial charge on any atom is 0.248 e. The summed E-state index contributed by atoms with van der Waals surface area (Å²) in [4.78, 5) is 18.2. The number of aryl methyl sites for hydroxylation is 1. The zero-order chi connectivity index (χ0) is 19.5. The van der Waals surface area contributed by atoms with Gasteiger partial charge in [0.1, 0.15) is 22.3 Å². The number of aromatic nitrogens is 2. The highest BCUT2D eigenvalue weighted by Gasteiger charge is 2.28. The summed E-state index contributed by atoms with van der Waals surface area (Å²) in [6.45, 7) is 3.91. The van der Waals surface area contributed by atoms with Gasteiger partial charge < -0.3 is 10.5 Å². The Hall–Kier alpha value is -2.77. The van der Waals surface area contributed by atoms with Crippen LogP contribution in [0.5, 0.6) is 11.5 Å². The summed E-state index contributed by atoms with van der Waals surface area (Å²) in [6.07, 6.45) is 2.32. The summed E-state index contributed by atoms with van der Waals surface area (Å²) in [7, 11) is 0. The first-order chi connectivity index (χ1) is 13.6. The third-order valence-electron chi connectivity index (χ3n) is 4.88. The number of carbonyl (C=O) groups is 1. The van der Waals surface area contributed by atoms with E-state index in [2.05, 4.69) is 26.4 Å². The third-order valence-corrected chi connectivity index (χ3v) is 5.78. The minimum atomic E-state index is -0.445. The van der Waals surface area contributed by atoms with E-state index in [0.717, 1.165) is 36.1 Å². The van der Waals surface area contributed by atoms with E-state index in [-0.39, 0.29) is 0 Å². The lowest BCUT2D eigenvalue weighted by Crippen LogP contribution is -2.22. The van der Waals surface area contributed by atoms with Gasteiger partial charge in [-0.25, -0.2) is 4.98 Å². The molecule has 144 valence electrons. The zero-order valence-electron chi connectivity index (χ0n) is 15.7. The van der Waals surface area contributed by atoms with Crippen molar-refractivity contribution in [2.45, 2.75) is 32.4 Å². The van der Waals surface area contributed by atoms with Gasteiger partial charge in [-0.05, 0) is 79.8 Å². The van der Waals surface area contributed by atoms with Gasteiger partial charge in [0.25, 0.3) is 0 Å². The monoisotopic (exact) mass is 394 g/mol. The van der Waals surface area contributed by atoms with Crippen LogP contribution in [-0.2, 0) is 6.54 Å². The Labute approximate surface area is 168 Å². The van der Waals surface area contributed by atoms with Crippen molar-refractivity contribution < 1.29 is 9.53 Å². The molecule has 1 amide bonds. The number of likely N-dealkylation sites (tertiary alicyclic amines) is 1. The fourth-order valence-electron chi connectivity index (χ4n) is 3.46. The maximum absolute atomic E-state index is 11.1. The van der Waals surface area contributed by atoms with Crippen molar-refractivity contribution in [1.29, 1.82) is 0 Å². The first kappa shape index (κ1) is 18.6. The lowest BCUT2D eigenvalue weighted by Gasteiger charge is -2.22. The Kier molecular flexibility index (Phi) is 5.36. The van der Waals surface area contributed by atoms with Crippen LogP contribution in [0.1, 0.15) is 45.6 Å². The maximum atomic E-state index is 11.1. The fraction of sp³-hybridized carbons (Fsp3) is 0.286. The molecule has 2 N–H and O–H groups in total. The SMILES string of the molecule is Cc1nsc([C@@H]2CCCN2Cc2ccc(Oc3ccc(C(N)=O)cc3)cc2)n1. The molecule has 6 nitrogen and oxygen atoms in total. The fourth-order valence-corrected chi connectivity index (χ4v) is 4.29. The quantitative estimate of drug-likeness (QED) is 0.681. The predicted octanol–water partition coefficient (Wildman–Crippen LogP) is 4.07. The molecule has 1 fully saturated rings. The van der Waals surface area contributed by atoms with Crippen molar-refractivity contribution in [3.05, 3.63) is 70.5 Å². The van der Waals surface area contributed by atoms with E-state index >= 15 is 0 Å². The Morgan fingerprint density at radius 1 is 1.18 bits per heavy atom. The Morgan fingerprint density at radius 3 is 2.46 bits per heavy atom. The summed E-state index contributed by atoms with van der Waals surface area (Å²) in [5.74, 6) is 1.84. The molecular weight excluding hydrogens is 372 g/mol. The lowest BCUT2D eigenvalue weighted by molar-refractivity contribution is 0.100. The molecule has 28 heavy (non-hydrogen) atoms. The van der Waals surface area contributed by atoms with Crippen molar-refractivity contribution in [3.63, 3.8) is 0 Å². The number of carbonyl (C=O) groups excluding carboxylic acids is 1. The van der Waals surface area contributed by atoms with Gasteiger partial charge in [-0.15, -0.1) is 0 Å². The van der Waals surface area contributed by atoms with E-state index in [1.54, 1.807) is 24.3 Å². The van der Waals surface area contributed by atoms with Crippen LogP contribution in [0.25, 0.3) is 0 Å². The second-order valence-electron chi connectivity index (χ2n) is 6.94. The van der Waals surface area contributed by atoms with Gasteiger partial charge >= 0.3 is 0 Å². The van der Waals surface area contributed by atoms with Crippen LogP contribution in [0.15, 0.2) is 48.5 Å². The number of hydrogen-bond donors (Lipinski definition) is 1. The van der Waals surface area contributed by atoms with Crippen LogP contribution in [-0.4, -0.2) is 26.7 Å². The Bertz CT molecular complexity index is 953. The smallest absolute Gasteiger partial charge is 0.248 e. The molecular formula is C21H22N4O2S. The molecule has 1 aromatic heterocycles. The number of nitrogens with zero attached hydrogens (tertiary/aromatic N) is 3. The van der Waals surface area contributed by atoms with Gasteiger partial charge in [-0.1, -0.05) is 12.1 Å². The first-order valence-corrected chi connectivity index (χ1v) is 10.1. The van der Waals surface area contributed by atoms with E-state index in [1.165, 1.54) is 23.5 Å². The van der Waals surface area contributed by atoms with Crippen molar-refractivity contribution in [2.24, 2.45) is 5.73 Å². The number of ether oxygens (including phenoxy) is 1. The van der Waals surface area contributed by atoms with Gasteiger partial charge in [0.2, 0.25) is 5.91 Å². The van der Waals surface area contributed by atoms with E-state index < -0.39 is 5.91 Å². The van der Waals surface area contributed by atoms with E-state index in [0.29, 0.717) is 17.4 Å². The Morgan fingerprint density at radius 2 is 1.86 bits per heavy atom. The number of benzene rings is 2. The molecule has 2 heterocycles. The normalized spacial score (nSPS) is 17.0. The van der Waals surface area contributed by atoms with Crippen molar-refractivity contribution in [1.82, 2.24) is 14.3 Å². The molecule has 1 aliphatic heterocycles. The van der Waals surface area contributed by atoms with Crippen molar-refractivity contribution >= 4 is 17.4 Å². The molecule has 7 heteroatoms. The van der Waals surface area contributed by atoms with Gasteiger partial charge in [-0.3, -0.25) is 9.69 Å². The molecule has 0 bridgehead atoms. The second-order valence-corrected chi connectivity index (χ2v) is 7.73. The molecule has 3 aromatic rings. The largest absolute Gasteiger partial charge is 0.457 e. The van der Waals surface area contributed by atoms with Gasteiger partial charge in [0.15, 0.2) is 0 Å². The lowest BCUT2D eigenvalue weighted by atomic mass is 10.1. The molecule has 0 radical (unpaired) electrons. The molecule has 1 atom stereocenters. The average molecular weight is 395 g/mol. The third kappa shape index (κ3) is 4.21. The second kappa shape index (κ2) is 8.08. The average Bonchev–Trinajstić information content (AvgIpc) is 3.32. The number of rotatable bonds is 6. The number of amides is 1. The first-order valence-electron chi connectivity index (χ1n) is 9.29. The van der Waals surface area contributed by atoms with Crippen molar-refractivity contribution in [3.8, 4) is 11.5 Å². The van der Waals surface area contributed by atoms with Crippen LogP contribution >= 0.6 is 11.5 Å². The summed E-state index contributed by atoms with van der Waals surface area (Å²) >= 11 is 1.52. The summed E-state index contributed by atoms with van der Waals surface area (Å²) in [5.41, 5.74) is 6.96. The summed E-state index contributed by atoms with van der Waals surface area (Å²) in [5, 5.41) is 1.12. The molecule has 1 saturated heterocycles. The summed E-state index contributed by atoms with van der Waals surface area (Å²) < 4.78 is 10.2. The molecule has 0 saturated carbocycles. The van der Waals surface area contributed by atoms with Gasteiger partial charge in [0, 0.05) is 12.1 Å². The standard InChI is InChI=1S/C21H22N4O2S/c1-14-23-21(28-24-14)19-3-2-12-25(19)13-15-4-8-17(9-5-15)27-18-10-6-16(7-11-18)20(22)26/h4-11,19H,2-3,12-13H2,1H3,(H2,22,26)/t19-/m0/s1. The summed E-state index contributed by atoms with van der Waals surface area (Å²) in [6, 6.07) is 15.3. The molecule has 0 unspecified atom stereocenters. The highest BCUT2D eigenvalue weighted by molar-refractivity contribution is 7.05. The van der Waals surface area contributed by atoms with Gasteiger partial charge in [0.05, 0.1) is 6.04 Å². The van der Waals surface area contributed by atoms with Crippen LogP contribution in [0.4, 0.5) is 0 Å². The highest BCUT2D eigenvalue weighted by atomic mass is 32.1. The van der Waals surface area contributed by atoms with Crippen molar-refractivity contribution in [2.75, 3.05) is 6.54 Å². The number of nitrogens with two attached hydrogens (primary N) is 1. The predicted molar refractivity (Wildman–Crippen MR) is 109 cm³/mol. The molecule has 4 rings (SSSR count). The van der Waals surface area contributed by atoms with Crippen LogP contribution in [0.3, 0.4) is 0 Å². The van der Waals surface area contributed by atoms with Crippen LogP contribution < -0.4 is 10.5 Å².